The number of rotatable bonds is 3. The van der Waals surface area contributed by atoms with E-state index in [-0.39, 0.29) is 0 Å². The van der Waals surface area contributed by atoms with Gasteiger partial charge in [0.05, 0.1) is 0 Å². The van der Waals surface area contributed by atoms with Crippen molar-refractivity contribution in [2.24, 2.45) is 0 Å². The fourth-order valence-electron chi connectivity index (χ4n) is 1.61. The third kappa shape index (κ3) is 2.21. The molecule has 0 atom stereocenters. The molecule has 2 rings (SSSR count). The molecule has 0 aliphatic carbocycles. The van der Waals surface area contributed by atoms with Crippen LogP contribution in [0.15, 0.2) is 29.6 Å². The highest BCUT2D eigenvalue weighted by molar-refractivity contribution is 7.17. The highest BCUT2D eigenvalue weighted by atomic mass is 32.1. The van der Waals surface area contributed by atoms with E-state index in [1.807, 2.05) is 11.3 Å². The van der Waals surface area contributed by atoms with E-state index < -0.39 is 0 Å². The fraction of sp³-hybridized carbons (Fsp3) is 0.385. The zero-order chi connectivity index (χ0) is 10.8. The van der Waals surface area contributed by atoms with Crippen LogP contribution in [0.25, 0.3) is 10.1 Å². The zero-order valence-electron chi connectivity index (χ0n) is 9.53. The molecular formula is C13H17NS. The van der Waals surface area contributed by atoms with Crippen LogP contribution in [0.4, 0.5) is 0 Å². The van der Waals surface area contributed by atoms with E-state index in [1.54, 1.807) is 0 Å². The van der Waals surface area contributed by atoms with Gasteiger partial charge in [0.2, 0.25) is 0 Å². The maximum atomic E-state index is 2.37. The summed E-state index contributed by atoms with van der Waals surface area (Å²) in [4.78, 5) is 2.37. The highest BCUT2D eigenvalue weighted by Gasteiger charge is 2.08. The van der Waals surface area contributed by atoms with Crippen molar-refractivity contribution >= 4 is 21.4 Å². The summed E-state index contributed by atoms with van der Waals surface area (Å²) in [7, 11) is 2.18. The Bertz CT molecular complexity index is 444. The van der Waals surface area contributed by atoms with Crippen LogP contribution in [0, 0.1) is 0 Å². The lowest BCUT2D eigenvalue weighted by atomic mass is 10.1. The Balaban J connectivity index is 2.29. The molecule has 0 aliphatic rings. The molecule has 2 aromatic rings. The van der Waals surface area contributed by atoms with Crippen LogP contribution in [-0.4, -0.2) is 18.0 Å². The normalized spacial score (nSPS) is 11.8. The predicted octanol–water partition coefficient (Wildman–Crippen LogP) is 3.74. The molecule has 0 N–H and O–H groups in total. The highest BCUT2D eigenvalue weighted by Crippen LogP contribution is 2.26. The van der Waals surface area contributed by atoms with Gasteiger partial charge in [-0.25, -0.2) is 0 Å². The van der Waals surface area contributed by atoms with Crippen molar-refractivity contribution in [3.63, 3.8) is 0 Å². The molecule has 2 heteroatoms. The third-order valence-electron chi connectivity index (χ3n) is 2.86. The van der Waals surface area contributed by atoms with E-state index >= 15 is 0 Å². The summed E-state index contributed by atoms with van der Waals surface area (Å²) in [6.07, 6.45) is 0. The summed E-state index contributed by atoms with van der Waals surface area (Å²) in [5.41, 5.74) is 1.45. The molecule has 0 unspecified atom stereocenters. The van der Waals surface area contributed by atoms with E-state index in [4.69, 9.17) is 0 Å². The molecule has 1 heterocycles. The second kappa shape index (κ2) is 4.33. The Morgan fingerprint density at radius 2 is 2.00 bits per heavy atom. The molecule has 1 nitrogen and oxygen atoms in total. The van der Waals surface area contributed by atoms with Gasteiger partial charge in [0.15, 0.2) is 0 Å². The predicted molar refractivity (Wildman–Crippen MR) is 68.4 cm³/mol. The van der Waals surface area contributed by atoms with E-state index in [0.29, 0.717) is 6.04 Å². The molecule has 0 spiro atoms. The average Bonchev–Trinajstić information content (AvgIpc) is 2.62. The number of hydrogen-bond donors (Lipinski definition) is 0. The summed E-state index contributed by atoms with van der Waals surface area (Å²) in [6.45, 7) is 5.50. The van der Waals surface area contributed by atoms with Crippen LogP contribution >= 0.6 is 11.3 Å². The van der Waals surface area contributed by atoms with Gasteiger partial charge < -0.3 is 0 Å². The lowest BCUT2D eigenvalue weighted by molar-refractivity contribution is 0.267. The monoisotopic (exact) mass is 219 g/mol. The standard InChI is InChI=1S/C13H17NS/c1-10(2)14(3)8-11-9-15-13-7-5-4-6-12(11)13/h4-7,9-10H,8H2,1-3H3. The SMILES string of the molecule is CC(C)N(C)Cc1csc2ccccc12. The van der Waals surface area contributed by atoms with Gasteiger partial charge >= 0.3 is 0 Å². The molecular weight excluding hydrogens is 202 g/mol. The quantitative estimate of drug-likeness (QED) is 0.760. The largest absolute Gasteiger partial charge is 0.300 e. The molecule has 0 fully saturated rings. The Kier molecular flexibility index (Phi) is 3.08. The summed E-state index contributed by atoms with van der Waals surface area (Å²) < 4.78 is 1.39. The third-order valence-corrected chi connectivity index (χ3v) is 3.87. The first-order chi connectivity index (χ1) is 7.18. The van der Waals surface area contributed by atoms with Crippen molar-refractivity contribution in [1.29, 1.82) is 0 Å². The van der Waals surface area contributed by atoms with Gasteiger partial charge in [-0.05, 0) is 43.3 Å². The second-order valence-electron chi connectivity index (χ2n) is 4.27. The Labute approximate surface area is 95.3 Å². The molecule has 15 heavy (non-hydrogen) atoms. The van der Waals surface area contributed by atoms with Crippen molar-refractivity contribution in [2.75, 3.05) is 7.05 Å². The minimum Gasteiger partial charge on any atom is -0.300 e. The average molecular weight is 219 g/mol. The fourth-order valence-corrected chi connectivity index (χ4v) is 2.56. The number of fused-ring (bicyclic) bond motifs is 1. The Morgan fingerprint density at radius 1 is 1.27 bits per heavy atom. The number of hydrogen-bond acceptors (Lipinski definition) is 2. The Hall–Kier alpha value is -0.860. The first-order valence-corrected chi connectivity index (χ1v) is 6.22. The van der Waals surface area contributed by atoms with E-state index in [9.17, 15) is 0 Å². The van der Waals surface area contributed by atoms with Crippen molar-refractivity contribution in [3.05, 3.63) is 35.2 Å². The summed E-state index contributed by atoms with van der Waals surface area (Å²) in [6, 6.07) is 9.24. The number of nitrogens with zero attached hydrogens (tertiary/aromatic N) is 1. The number of thiophene rings is 1. The molecule has 0 radical (unpaired) electrons. The lowest BCUT2D eigenvalue weighted by Gasteiger charge is -2.20. The first kappa shape index (κ1) is 10.7. The second-order valence-corrected chi connectivity index (χ2v) is 5.18. The molecule has 0 saturated heterocycles. The summed E-state index contributed by atoms with van der Waals surface area (Å²) in [5, 5.41) is 3.69. The van der Waals surface area contributed by atoms with Crippen molar-refractivity contribution in [2.45, 2.75) is 26.4 Å². The van der Waals surface area contributed by atoms with E-state index in [2.05, 4.69) is 55.4 Å². The first-order valence-electron chi connectivity index (χ1n) is 5.34. The van der Waals surface area contributed by atoms with Crippen LogP contribution in [0.1, 0.15) is 19.4 Å². The molecule has 0 aliphatic heterocycles. The molecule has 1 aromatic heterocycles. The maximum Gasteiger partial charge on any atom is 0.0346 e. The van der Waals surface area contributed by atoms with Crippen LogP contribution in [0.5, 0.6) is 0 Å². The minimum atomic E-state index is 0.601. The molecule has 0 amide bonds. The molecule has 0 bridgehead atoms. The van der Waals surface area contributed by atoms with Gasteiger partial charge in [0, 0.05) is 17.3 Å². The minimum absolute atomic E-state index is 0.601. The van der Waals surface area contributed by atoms with Crippen molar-refractivity contribution in [3.8, 4) is 0 Å². The van der Waals surface area contributed by atoms with Crippen LogP contribution < -0.4 is 0 Å². The van der Waals surface area contributed by atoms with Crippen LogP contribution in [0.2, 0.25) is 0 Å². The smallest absolute Gasteiger partial charge is 0.0346 e. The van der Waals surface area contributed by atoms with Gasteiger partial charge in [-0.1, -0.05) is 18.2 Å². The summed E-state index contributed by atoms with van der Waals surface area (Å²) in [5.74, 6) is 0. The molecule has 80 valence electrons. The molecule has 0 saturated carbocycles. The number of benzene rings is 1. The molecule has 1 aromatic carbocycles. The van der Waals surface area contributed by atoms with Gasteiger partial charge in [0.1, 0.15) is 0 Å². The van der Waals surface area contributed by atoms with Gasteiger partial charge in [0.25, 0.3) is 0 Å². The Morgan fingerprint density at radius 3 is 2.73 bits per heavy atom. The van der Waals surface area contributed by atoms with Gasteiger partial charge in [-0.2, -0.15) is 0 Å². The van der Waals surface area contributed by atoms with Crippen molar-refractivity contribution in [1.82, 2.24) is 4.90 Å². The topological polar surface area (TPSA) is 3.24 Å². The lowest BCUT2D eigenvalue weighted by Crippen LogP contribution is -2.25. The van der Waals surface area contributed by atoms with E-state index in [0.717, 1.165) is 6.54 Å². The van der Waals surface area contributed by atoms with Crippen LogP contribution in [-0.2, 0) is 6.54 Å². The van der Waals surface area contributed by atoms with E-state index in [1.165, 1.54) is 15.6 Å². The van der Waals surface area contributed by atoms with Gasteiger partial charge in [-0.3, -0.25) is 4.90 Å². The maximum absolute atomic E-state index is 2.37. The summed E-state index contributed by atoms with van der Waals surface area (Å²) >= 11 is 1.84. The van der Waals surface area contributed by atoms with Gasteiger partial charge in [-0.15, -0.1) is 11.3 Å². The zero-order valence-corrected chi connectivity index (χ0v) is 10.3. The van der Waals surface area contributed by atoms with Crippen LogP contribution in [0.3, 0.4) is 0 Å². The van der Waals surface area contributed by atoms with Crippen molar-refractivity contribution < 1.29 is 0 Å².